The molecule has 7 heteroatoms. The SMILES string of the molecule is Cc1c(Cl)cccc1S(=O)(=O)NCc1ccc(F)c(F)c1. The van der Waals surface area contributed by atoms with Gasteiger partial charge in [0.15, 0.2) is 11.6 Å². The number of hydrogen-bond donors (Lipinski definition) is 1. The van der Waals surface area contributed by atoms with Crippen LogP contribution in [0.3, 0.4) is 0 Å². The lowest BCUT2D eigenvalue weighted by Gasteiger charge is -2.10. The molecule has 0 aliphatic rings. The molecule has 0 bridgehead atoms. The maximum absolute atomic E-state index is 13.1. The highest BCUT2D eigenvalue weighted by atomic mass is 35.5. The lowest BCUT2D eigenvalue weighted by molar-refractivity contribution is 0.506. The topological polar surface area (TPSA) is 46.2 Å². The van der Waals surface area contributed by atoms with Crippen molar-refractivity contribution in [2.45, 2.75) is 18.4 Å². The molecule has 0 atom stereocenters. The molecule has 2 rings (SSSR count). The summed E-state index contributed by atoms with van der Waals surface area (Å²) in [5.41, 5.74) is 0.745. The van der Waals surface area contributed by atoms with Gasteiger partial charge in [0.2, 0.25) is 10.0 Å². The summed E-state index contributed by atoms with van der Waals surface area (Å²) in [7, 11) is -3.79. The summed E-state index contributed by atoms with van der Waals surface area (Å²) >= 11 is 5.89. The van der Waals surface area contributed by atoms with Crippen molar-refractivity contribution in [2.75, 3.05) is 0 Å². The molecular formula is C14H12ClF2NO2S. The van der Waals surface area contributed by atoms with Crippen molar-refractivity contribution in [1.82, 2.24) is 4.72 Å². The molecule has 0 unspecified atom stereocenters. The maximum Gasteiger partial charge on any atom is 0.241 e. The number of hydrogen-bond acceptors (Lipinski definition) is 2. The molecule has 0 radical (unpaired) electrons. The van der Waals surface area contributed by atoms with Crippen molar-refractivity contribution < 1.29 is 17.2 Å². The first kappa shape index (κ1) is 15.9. The second kappa shape index (κ2) is 6.09. The largest absolute Gasteiger partial charge is 0.241 e. The molecular weight excluding hydrogens is 320 g/mol. The normalized spacial score (nSPS) is 11.6. The molecule has 0 saturated heterocycles. The zero-order valence-corrected chi connectivity index (χ0v) is 12.6. The van der Waals surface area contributed by atoms with Crippen LogP contribution in [-0.2, 0) is 16.6 Å². The van der Waals surface area contributed by atoms with E-state index in [1.54, 1.807) is 13.0 Å². The molecule has 1 N–H and O–H groups in total. The quantitative estimate of drug-likeness (QED) is 0.933. The molecule has 21 heavy (non-hydrogen) atoms. The molecule has 0 fully saturated rings. The van der Waals surface area contributed by atoms with Crippen LogP contribution in [0.5, 0.6) is 0 Å². The Bertz CT molecular complexity index is 779. The first-order valence-corrected chi connectivity index (χ1v) is 7.86. The third-order valence-electron chi connectivity index (χ3n) is 2.96. The lowest BCUT2D eigenvalue weighted by Crippen LogP contribution is -2.24. The minimum Gasteiger partial charge on any atom is -0.207 e. The Morgan fingerprint density at radius 1 is 1.14 bits per heavy atom. The monoisotopic (exact) mass is 331 g/mol. The van der Waals surface area contributed by atoms with E-state index in [9.17, 15) is 17.2 Å². The van der Waals surface area contributed by atoms with Crippen molar-refractivity contribution >= 4 is 21.6 Å². The van der Waals surface area contributed by atoms with E-state index in [1.165, 1.54) is 18.2 Å². The molecule has 2 aromatic rings. The minimum atomic E-state index is -3.79. The van der Waals surface area contributed by atoms with Gasteiger partial charge in [0.1, 0.15) is 0 Å². The number of rotatable bonds is 4. The fraction of sp³-hybridized carbons (Fsp3) is 0.143. The Labute approximate surface area is 126 Å². The standard InChI is InChI=1S/C14H12ClF2NO2S/c1-9-11(15)3-2-4-14(9)21(19,20)18-8-10-5-6-12(16)13(17)7-10/h2-7,18H,8H2,1H3. The first-order chi connectivity index (χ1) is 9.81. The van der Waals surface area contributed by atoms with Gasteiger partial charge < -0.3 is 0 Å². The molecule has 2 aromatic carbocycles. The van der Waals surface area contributed by atoms with Crippen LogP contribution in [0.25, 0.3) is 0 Å². The second-order valence-electron chi connectivity index (χ2n) is 4.44. The van der Waals surface area contributed by atoms with E-state index in [0.717, 1.165) is 12.1 Å². The Balaban J connectivity index is 2.22. The molecule has 0 aromatic heterocycles. The van der Waals surface area contributed by atoms with Gasteiger partial charge in [-0.05, 0) is 42.3 Å². The van der Waals surface area contributed by atoms with Crippen LogP contribution in [0, 0.1) is 18.6 Å². The van der Waals surface area contributed by atoms with E-state index in [4.69, 9.17) is 11.6 Å². The van der Waals surface area contributed by atoms with Crippen LogP contribution in [0.15, 0.2) is 41.3 Å². The van der Waals surface area contributed by atoms with Crippen LogP contribution in [0.2, 0.25) is 5.02 Å². The molecule has 112 valence electrons. The van der Waals surface area contributed by atoms with Crippen LogP contribution >= 0.6 is 11.6 Å². The predicted molar refractivity (Wildman–Crippen MR) is 76.6 cm³/mol. The summed E-state index contributed by atoms with van der Waals surface area (Å²) < 4.78 is 52.6. The van der Waals surface area contributed by atoms with Gasteiger partial charge in [-0.1, -0.05) is 23.7 Å². The van der Waals surface area contributed by atoms with Crippen molar-refractivity contribution in [3.8, 4) is 0 Å². The molecule has 0 saturated carbocycles. The van der Waals surface area contributed by atoms with Gasteiger partial charge in [0.25, 0.3) is 0 Å². The summed E-state index contributed by atoms with van der Waals surface area (Å²) in [6, 6.07) is 7.75. The highest BCUT2D eigenvalue weighted by molar-refractivity contribution is 7.89. The van der Waals surface area contributed by atoms with Crippen molar-refractivity contribution in [2.24, 2.45) is 0 Å². The number of sulfonamides is 1. The van der Waals surface area contributed by atoms with Crippen molar-refractivity contribution in [1.29, 1.82) is 0 Å². The average Bonchev–Trinajstić information content (AvgIpc) is 2.43. The van der Waals surface area contributed by atoms with Gasteiger partial charge in [-0.2, -0.15) is 0 Å². The van der Waals surface area contributed by atoms with Gasteiger partial charge in [-0.25, -0.2) is 21.9 Å². The van der Waals surface area contributed by atoms with E-state index in [0.29, 0.717) is 16.1 Å². The van der Waals surface area contributed by atoms with Crippen LogP contribution < -0.4 is 4.72 Å². The second-order valence-corrected chi connectivity index (χ2v) is 6.58. The predicted octanol–water partition coefficient (Wildman–Crippen LogP) is 3.41. The Morgan fingerprint density at radius 2 is 1.86 bits per heavy atom. The molecule has 3 nitrogen and oxygen atoms in total. The zero-order chi connectivity index (χ0) is 15.6. The molecule has 0 aliphatic carbocycles. The Hall–Kier alpha value is -1.50. The van der Waals surface area contributed by atoms with Crippen LogP contribution in [-0.4, -0.2) is 8.42 Å². The fourth-order valence-corrected chi connectivity index (χ4v) is 3.30. The van der Waals surface area contributed by atoms with E-state index < -0.39 is 21.7 Å². The third kappa shape index (κ3) is 3.58. The minimum absolute atomic E-state index is 0.0533. The first-order valence-electron chi connectivity index (χ1n) is 6.00. The number of benzene rings is 2. The average molecular weight is 332 g/mol. The van der Waals surface area contributed by atoms with E-state index in [1.807, 2.05) is 0 Å². The summed E-state index contributed by atoms with van der Waals surface area (Å²) in [6.07, 6.45) is 0. The zero-order valence-electron chi connectivity index (χ0n) is 11.0. The van der Waals surface area contributed by atoms with Gasteiger partial charge >= 0.3 is 0 Å². The van der Waals surface area contributed by atoms with E-state index >= 15 is 0 Å². The van der Waals surface area contributed by atoms with Crippen molar-refractivity contribution in [3.63, 3.8) is 0 Å². The molecule has 0 heterocycles. The summed E-state index contributed by atoms with van der Waals surface area (Å²) in [6.45, 7) is 1.44. The Morgan fingerprint density at radius 3 is 2.52 bits per heavy atom. The summed E-state index contributed by atoms with van der Waals surface area (Å²) in [5.74, 6) is -2.00. The maximum atomic E-state index is 13.1. The Kier molecular flexibility index (Phi) is 4.61. The van der Waals surface area contributed by atoms with E-state index in [2.05, 4.69) is 4.72 Å². The summed E-state index contributed by atoms with van der Waals surface area (Å²) in [4.78, 5) is 0.0533. The van der Waals surface area contributed by atoms with Crippen LogP contribution in [0.4, 0.5) is 8.78 Å². The van der Waals surface area contributed by atoms with Gasteiger partial charge in [0.05, 0.1) is 4.90 Å². The lowest BCUT2D eigenvalue weighted by atomic mass is 10.2. The van der Waals surface area contributed by atoms with Crippen LogP contribution in [0.1, 0.15) is 11.1 Å². The molecule has 0 amide bonds. The summed E-state index contributed by atoms with van der Waals surface area (Å²) in [5, 5.41) is 0.339. The molecule has 0 aliphatic heterocycles. The van der Waals surface area contributed by atoms with Crippen molar-refractivity contribution in [3.05, 3.63) is 64.2 Å². The molecule has 0 spiro atoms. The third-order valence-corrected chi connectivity index (χ3v) is 4.91. The number of nitrogens with one attached hydrogen (secondary N) is 1. The van der Waals surface area contributed by atoms with E-state index in [-0.39, 0.29) is 11.4 Å². The highest BCUT2D eigenvalue weighted by Crippen LogP contribution is 2.22. The highest BCUT2D eigenvalue weighted by Gasteiger charge is 2.18. The fourth-order valence-electron chi connectivity index (χ4n) is 1.78. The smallest absolute Gasteiger partial charge is 0.207 e. The number of halogens is 3. The van der Waals surface area contributed by atoms with Gasteiger partial charge in [0, 0.05) is 11.6 Å². The van der Waals surface area contributed by atoms with Gasteiger partial charge in [-0.3, -0.25) is 0 Å². The van der Waals surface area contributed by atoms with Gasteiger partial charge in [-0.15, -0.1) is 0 Å².